The van der Waals surface area contributed by atoms with Gasteiger partial charge >= 0.3 is 0 Å². The average molecular weight is 569 g/mol. The van der Waals surface area contributed by atoms with Crippen LogP contribution in [-0.2, 0) is 25.8 Å². The van der Waals surface area contributed by atoms with Crippen LogP contribution in [-0.4, -0.2) is 96.5 Å². The molecule has 11 nitrogen and oxygen atoms in total. The molecule has 216 valence electrons. The van der Waals surface area contributed by atoms with Crippen LogP contribution in [0, 0.1) is 11.8 Å². The molecule has 0 bridgehead atoms. The smallest absolute Gasteiger partial charge is 0.250 e. The van der Waals surface area contributed by atoms with E-state index in [-0.39, 0.29) is 30.9 Å². The number of amides is 3. The molecule has 1 spiro atoms. The SMILES string of the molecule is CN1CC=C[C@@]2(C)O[C@]34C=CCN(Cn5nnc6ccccc65)C(=O)C3N([C@H](CO)c3ccccc3)C(=O)[C@@H]4[C@H]2C1=O. The Morgan fingerprint density at radius 2 is 1.69 bits per heavy atom. The Bertz CT molecular complexity index is 1640. The van der Waals surface area contributed by atoms with E-state index >= 15 is 0 Å². The second-order valence-corrected chi connectivity index (χ2v) is 11.7. The van der Waals surface area contributed by atoms with Crippen molar-refractivity contribution in [3.05, 3.63) is 84.5 Å². The lowest BCUT2D eigenvalue weighted by Gasteiger charge is -2.40. The fourth-order valence-electron chi connectivity index (χ4n) is 7.31. The number of nitrogens with zero attached hydrogens (tertiary/aromatic N) is 6. The molecule has 6 atom stereocenters. The zero-order valence-corrected chi connectivity index (χ0v) is 23.4. The quantitative estimate of drug-likeness (QED) is 0.464. The third-order valence-corrected chi connectivity index (χ3v) is 9.20. The van der Waals surface area contributed by atoms with Crippen LogP contribution in [0.15, 0.2) is 78.9 Å². The first-order chi connectivity index (χ1) is 20.3. The predicted octanol–water partition coefficient (Wildman–Crippen LogP) is 1.52. The van der Waals surface area contributed by atoms with E-state index in [0.717, 1.165) is 5.52 Å². The first-order valence-corrected chi connectivity index (χ1v) is 14.1. The highest BCUT2D eigenvalue weighted by molar-refractivity contribution is 6.00. The largest absolute Gasteiger partial charge is 0.394 e. The van der Waals surface area contributed by atoms with E-state index in [0.29, 0.717) is 17.6 Å². The monoisotopic (exact) mass is 568 g/mol. The van der Waals surface area contributed by atoms with Crippen LogP contribution in [0.5, 0.6) is 0 Å². The van der Waals surface area contributed by atoms with Crippen molar-refractivity contribution in [2.75, 3.05) is 26.7 Å². The molecule has 11 heteroatoms. The third kappa shape index (κ3) is 3.69. The molecule has 0 radical (unpaired) electrons. The first kappa shape index (κ1) is 26.5. The van der Waals surface area contributed by atoms with Gasteiger partial charge in [-0.2, -0.15) is 0 Å². The van der Waals surface area contributed by atoms with Gasteiger partial charge in [0.25, 0.3) is 5.91 Å². The molecular formula is C31H32N6O5. The number of likely N-dealkylation sites (N-methyl/N-ethyl adjacent to an activating group) is 1. The number of para-hydroxylation sites is 1. The molecule has 1 unspecified atom stereocenters. The second kappa shape index (κ2) is 9.60. The van der Waals surface area contributed by atoms with Gasteiger partial charge in [0, 0.05) is 20.1 Å². The number of aliphatic hydroxyl groups excluding tert-OH is 1. The molecule has 42 heavy (non-hydrogen) atoms. The number of hydrogen-bond acceptors (Lipinski definition) is 7. The van der Waals surface area contributed by atoms with Gasteiger partial charge in [-0.25, -0.2) is 4.68 Å². The van der Waals surface area contributed by atoms with Crippen LogP contribution in [0.25, 0.3) is 11.0 Å². The van der Waals surface area contributed by atoms with Gasteiger partial charge in [0.1, 0.15) is 23.8 Å². The molecule has 3 amide bonds. The molecule has 2 aromatic carbocycles. The van der Waals surface area contributed by atoms with Crippen LogP contribution < -0.4 is 0 Å². The molecule has 1 N–H and O–H groups in total. The Labute approximate surface area is 242 Å². The average Bonchev–Trinajstić information content (AvgIpc) is 3.53. The van der Waals surface area contributed by atoms with Crippen molar-refractivity contribution in [3.8, 4) is 0 Å². The maximum atomic E-state index is 14.7. The van der Waals surface area contributed by atoms with E-state index in [1.54, 1.807) is 27.6 Å². The van der Waals surface area contributed by atoms with Gasteiger partial charge in [0.05, 0.1) is 35.6 Å². The zero-order chi connectivity index (χ0) is 29.2. The van der Waals surface area contributed by atoms with Crippen LogP contribution in [0.3, 0.4) is 0 Å². The summed E-state index contributed by atoms with van der Waals surface area (Å²) in [6.07, 6.45) is 7.36. The topological polar surface area (TPSA) is 121 Å². The number of aromatic nitrogens is 3. The Balaban J connectivity index is 1.37. The number of carbonyl (C=O) groups is 3. The Morgan fingerprint density at radius 3 is 2.48 bits per heavy atom. The van der Waals surface area contributed by atoms with Gasteiger partial charge < -0.3 is 24.5 Å². The second-order valence-electron chi connectivity index (χ2n) is 11.7. The molecule has 2 fully saturated rings. The fourth-order valence-corrected chi connectivity index (χ4v) is 7.31. The summed E-state index contributed by atoms with van der Waals surface area (Å²) < 4.78 is 8.51. The van der Waals surface area contributed by atoms with Crippen LogP contribution in [0.1, 0.15) is 18.5 Å². The van der Waals surface area contributed by atoms with Crippen LogP contribution in [0.2, 0.25) is 0 Å². The lowest BCUT2D eigenvalue weighted by Crippen LogP contribution is -2.57. The molecule has 4 aliphatic heterocycles. The minimum absolute atomic E-state index is 0.0976. The Hall–Kier alpha value is -4.35. The lowest BCUT2D eigenvalue weighted by atomic mass is 9.74. The summed E-state index contributed by atoms with van der Waals surface area (Å²) in [4.78, 5) is 47.9. The summed E-state index contributed by atoms with van der Waals surface area (Å²) in [6, 6.07) is 14.7. The van der Waals surface area contributed by atoms with Crippen molar-refractivity contribution in [2.24, 2.45) is 11.8 Å². The molecule has 1 aromatic heterocycles. The molecule has 0 saturated carbocycles. The Morgan fingerprint density at radius 1 is 0.952 bits per heavy atom. The number of aliphatic hydroxyl groups is 1. The number of rotatable bonds is 5. The van der Waals surface area contributed by atoms with E-state index in [1.165, 1.54) is 4.90 Å². The molecule has 4 aliphatic rings. The van der Waals surface area contributed by atoms with E-state index in [9.17, 15) is 19.5 Å². The van der Waals surface area contributed by atoms with E-state index in [1.807, 2.05) is 79.7 Å². The van der Waals surface area contributed by atoms with Crippen molar-refractivity contribution in [2.45, 2.75) is 36.9 Å². The molecule has 2 saturated heterocycles. The summed E-state index contributed by atoms with van der Waals surface area (Å²) in [6.45, 7) is 2.14. The maximum absolute atomic E-state index is 14.7. The van der Waals surface area contributed by atoms with Gasteiger partial charge in [-0.15, -0.1) is 5.10 Å². The van der Waals surface area contributed by atoms with E-state index in [2.05, 4.69) is 10.3 Å². The van der Waals surface area contributed by atoms with Crippen LogP contribution in [0.4, 0.5) is 0 Å². The van der Waals surface area contributed by atoms with E-state index < -0.39 is 41.7 Å². The molecular weight excluding hydrogens is 536 g/mol. The molecule has 5 heterocycles. The first-order valence-electron chi connectivity index (χ1n) is 14.1. The van der Waals surface area contributed by atoms with Crippen molar-refractivity contribution < 1.29 is 24.2 Å². The molecule has 0 aliphatic carbocycles. The predicted molar refractivity (Wildman–Crippen MR) is 151 cm³/mol. The lowest BCUT2D eigenvalue weighted by molar-refractivity contribution is -0.156. The highest BCUT2D eigenvalue weighted by Gasteiger charge is 2.75. The van der Waals surface area contributed by atoms with Crippen molar-refractivity contribution >= 4 is 28.8 Å². The number of ether oxygens (including phenoxy) is 1. The molecule has 7 rings (SSSR count). The van der Waals surface area contributed by atoms with Crippen LogP contribution >= 0.6 is 0 Å². The highest BCUT2D eigenvalue weighted by Crippen LogP contribution is 2.58. The van der Waals surface area contributed by atoms with Gasteiger partial charge in [-0.1, -0.05) is 72.0 Å². The number of carbonyl (C=O) groups excluding carboxylic acids is 3. The van der Waals surface area contributed by atoms with Crippen molar-refractivity contribution in [1.82, 2.24) is 29.7 Å². The van der Waals surface area contributed by atoms with Gasteiger partial charge in [0.2, 0.25) is 11.8 Å². The zero-order valence-electron chi connectivity index (χ0n) is 23.4. The summed E-state index contributed by atoms with van der Waals surface area (Å²) in [7, 11) is 1.71. The van der Waals surface area contributed by atoms with Crippen molar-refractivity contribution in [3.63, 3.8) is 0 Å². The summed E-state index contributed by atoms with van der Waals surface area (Å²) in [5, 5.41) is 19.2. The van der Waals surface area contributed by atoms with Gasteiger partial charge in [-0.3, -0.25) is 14.4 Å². The van der Waals surface area contributed by atoms with E-state index in [4.69, 9.17) is 4.74 Å². The number of hydrogen-bond donors (Lipinski definition) is 1. The minimum atomic E-state index is -1.42. The Kier molecular flexibility index (Phi) is 6.07. The normalized spacial score (nSPS) is 31.3. The number of benzene rings is 2. The highest BCUT2D eigenvalue weighted by atomic mass is 16.5. The number of likely N-dealkylation sites (tertiary alicyclic amines) is 1. The standard InChI is InChI=1S/C31H32N6O5/c1-30-14-8-16-34(2)27(39)24(30)25-28(40)37(23(18-38)20-10-4-3-5-11-20)26-29(41)35(17-9-15-31(25,26)42-30)19-36-22-13-7-6-12-21(22)32-33-36/h3-15,23-26,38H,16-19H2,1-2H3/t23-,24+,25+,26?,30-,31+/m1/s1. The minimum Gasteiger partial charge on any atom is -0.394 e. The summed E-state index contributed by atoms with van der Waals surface area (Å²) in [5.41, 5.74) is -0.363. The van der Waals surface area contributed by atoms with Gasteiger partial charge in [0.15, 0.2) is 0 Å². The third-order valence-electron chi connectivity index (χ3n) is 9.20. The number of fused-ring (bicyclic) bond motifs is 3. The summed E-state index contributed by atoms with van der Waals surface area (Å²) in [5.74, 6) is -2.76. The molecule has 3 aromatic rings. The summed E-state index contributed by atoms with van der Waals surface area (Å²) >= 11 is 0. The maximum Gasteiger partial charge on any atom is 0.250 e. The van der Waals surface area contributed by atoms with Crippen molar-refractivity contribution in [1.29, 1.82) is 0 Å². The van der Waals surface area contributed by atoms with Gasteiger partial charge in [-0.05, 0) is 24.6 Å². The fraction of sp³-hybridized carbons (Fsp3) is 0.387.